The van der Waals surface area contributed by atoms with Gasteiger partial charge in [0.15, 0.2) is 0 Å². The molecule has 0 aliphatic carbocycles. The van der Waals surface area contributed by atoms with Crippen molar-refractivity contribution >= 4 is 18.5 Å². The monoisotopic (exact) mass is 415 g/mol. The third-order valence-electron chi connectivity index (χ3n) is 5.88. The van der Waals surface area contributed by atoms with E-state index >= 15 is 0 Å². The predicted octanol–water partition coefficient (Wildman–Crippen LogP) is 3.97. The molecule has 1 atom stereocenters. The SMILES string of the molecule is CC(C)(O)C(C)(C)O[B]c1ccc([C@@H](N)C/C=C2/NC=CC=C2c2ccccc2)cc1. The average molecular weight is 415 g/mol. The number of nitrogens with two attached hydrogens (primary N) is 1. The maximum Gasteiger partial charge on any atom is 0.330 e. The summed E-state index contributed by atoms with van der Waals surface area (Å²) >= 11 is 0. The molecule has 161 valence electrons. The number of hydrogen-bond acceptors (Lipinski definition) is 4. The maximum atomic E-state index is 10.2. The molecule has 0 saturated heterocycles. The van der Waals surface area contributed by atoms with Crippen molar-refractivity contribution in [2.75, 3.05) is 0 Å². The molecular weight excluding hydrogens is 383 g/mol. The van der Waals surface area contributed by atoms with Crippen molar-refractivity contribution in [3.63, 3.8) is 0 Å². The van der Waals surface area contributed by atoms with E-state index in [0.717, 1.165) is 22.3 Å². The summed E-state index contributed by atoms with van der Waals surface area (Å²) in [5.74, 6) is 0. The van der Waals surface area contributed by atoms with Gasteiger partial charge in [-0.1, -0.05) is 72.2 Å². The zero-order chi connectivity index (χ0) is 22.5. The molecule has 0 aromatic heterocycles. The molecule has 5 heteroatoms. The summed E-state index contributed by atoms with van der Waals surface area (Å²) in [5, 5.41) is 13.6. The molecule has 0 fully saturated rings. The van der Waals surface area contributed by atoms with Gasteiger partial charge < -0.3 is 20.8 Å². The van der Waals surface area contributed by atoms with Gasteiger partial charge in [-0.25, -0.2) is 0 Å². The van der Waals surface area contributed by atoms with E-state index in [9.17, 15) is 5.11 Å². The Balaban J connectivity index is 1.62. The number of aliphatic hydroxyl groups is 1. The molecule has 1 aliphatic rings. The molecule has 31 heavy (non-hydrogen) atoms. The van der Waals surface area contributed by atoms with Crippen LogP contribution in [-0.4, -0.2) is 23.8 Å². The van der Waals surface area contributed by atoms with E-state index in [2.05, 4.69) is 29.6 Å². The minimum atomic E-state index is -0.950. The zero-order valence-electron chi connectivity index (χ0n) is 18.8. The molecule has 2 aromatic carbocycles. The highest BCUT2D eigenvalue weighted by Gasteiger charge is 2.35. The van der Waals surface area contributed by atoms with Crippen molar-refractivity contribution in [1.29, 1.82) is 0 Å². The van der Waals surface area contributed by atoms with Gasteiger partial charge in [0.2, 0.25) is 0 Å². The lowest BCUT2D eigenvalue weighted by atomic mass is 9.82. The lowest BCUT2D eigenvalue weighted by Gasteiger charge is -2.37. The Kier molecular flexibility index (Phi) is 7.21. The number of benzene rings is 2. The van der Waals surface area contributed by atoms with Crippen molar-refractivity contribution in [2.45, 2.75) is 51.4 Å². The minimum absolute atomic E-state index is 0.111. The Morgan fingerprint density at radius 1 is 1.06 bits per heavy atom. The Labute approximate surface area is 186 Å². The fraction of sp³-hybridized carbons (Fsp3) is 0.308. The summed E-state index contributed by atoms with van der Waals surface area (Å²) < 4.78 is 5.82. The lowest BCUT2D eigenvalue weighted by Crippen LogP contribution is -2.49. The zero-order valence-corrected chi connectivity index (χ0v) is 18.8. The summed E-state index contributed by atoms with van der Waals surface area (Å²) in [7, 11) is 1.68. The highest BCUT2D eigenvalue weighted by molar-refractivity contribution is 6.47. The number of rotatable bonds is 8. The number of nitrogens with one attached hydrogen (secondary N) is 1. The summed E-state index contributed by atoms with van der Waals surface area (Å²) in [4.78, 5) is 0. The van der Waals surface area contributed by atoms with Crippen LogP contribution in [-0.2, 0) is 4.65 Å². The van der Waals surface area contributed by atoms with Gasteiger partial charge in [-0.2, -0.15) is 0 Å². The molecule has 0 spiro atoms. The standard InChI is InChI=1S/C26H32BN2O2/c1-25(2,30)26(3,4)31-27-21-14-12-20(13-15-21)23(28)16-17-24-22(11-8-18-29-24)19-9-6-5-7-10-19/h5-15,17-18,23,29-30H,16,28H2,1-4H3/b24-17+/t23-/m0/s1. The molecule has 4 N–H and O–H groups in total. The summed E-state index contributed by atoms with van der Waals surface area (Å²) in [6, 6.07) is 18.2. The Morgan fingerprint density at radius 2 is 1.74 bits per heavy atom. The van der Waals surface area contributed by atoms with Crippen molar-refractivity contribution < 1.29 is 9.76 Å². The van der Waals surface area contributed by atoms with Crippen LogP contribution in [0.25, 0.3) is 5.57 Å². The van der Waals surface area contributed by atoms with Crippen LogP contribution >= 0.6 is 0 Å². The topological polar surface area (TPSA) is 67.5 Å². The van der Waals surface area contributed by atoms with Crippen LogP contribution in [0.1, 0.15) is 51.3 Å². The van der Waals surface area contributed by atoms with Crippen LogP contribution in [0.3, 0.4) is 0 Å². The second kappa shape index (κ2) is 9.69. The third kappa shape index (κ3) is 5.98. The maximum absolute atomic E-state index is 10.2. The Morgan fingerprint density at radius 3 is 2.39 bits per heavy atom. The summed E-state index contributed by atoms with van der Waals surface area (Å²) in [6.45, 7) is 7.22. The van der Waals surface area contributed by atoms with E-state index in [-0.39, 0.29) is 6.04 Å². The van der Waals surface area contributed by atoms with Crippen LogP contribution in [0.5, 0.6) is 0 Å². The van der Waals surface area contributed by atoms with Gasteiger partial charge in [0.1, 0.15) is 0 Å². The van der Waals surface area contributed by atoms with E-state index < -0.39 is 11.2 Å². The van der Waals surface area contributed by atoms with E-state index in [4.69, 9.17) is 10.4 Å². The van der Waals surface area contributed by atoms with E-state index in [1.54, 1.807) is 21.3 Å². The molecule has 0 saturated carbocycles. The van der Waals surface area contributed by atoms with Crippen molar-refractivity contribution in [3.05, 3.63) is 95.8 Å². The van der Waals surface area contributed by atoms with E-state index in [1.807, 2.05) is 68.6 Å². The molecule has 3 rings (SSSR count). The van der Waals surface area contributed by atoms with Crippen molar-refractivity contribution in [2.24, 2.45) is 5.73 Å². The molecule has 2 aromatic rings. The Hall–Kier alpha value is -2.60. The normalized spacial score (nSPS) is 16.6. The molecule has 0 unspecified atom stereocenters. The fourth-order valence-electron chi connectivity index (χ4n) is 3.05. The van der Waals surface area contributed by atoms with Crippen LogP contribution in [0.4, 0.5) is 0 Å². The van der Waals surface area contributed by atoms with Crippen LogP contribution < -0.4 is 16.5 Å². The molecule has 1 heterocycles. The van der Waals surface area contributed by atoms with Crippen LogP contribution in [0, 0.1) is 0 Å². The van der Waals surface area contributed by atoms with Crippen LogP contribution in [0.15, 0.2) is 84.7 Å². The van der Waals surface area contributed by atoms with Crippen LogP contribution in [0.2, 0.25) is 0 Å². The van der Waals surface area contributed by atoms with Crippen molar-refractivity contribution in [3.8, 4) is 0 Å². The molecule has 0 bridgehead atoms. The molecule has 1 radical (unpaired) electrons. The highest BCUT2D eigenvalue weighted by atomic mass is 16.5. The van der Waals surface area contributed by atoms with E-state index in [1.165, 1.54) is 5.56 Å². The van der Waals surface area contributed by atoms with Crippen molar-refractivity contribution in [1.82, 2.24) is 5.32 Å². The average Bonchev–Trinajstić information content (AvgIpc) is 2.76. The van der Waals surface area contributed by atoms with Gasteiger partial charge in [0.25, 0.3) is 0 Å². The number of hydrogen-bond donors (Lipinski definition) is 3. The quantitative estimate of drug-likeness (QED) is 0.571. The largest absolute Gasteiger partial charge is 0.427 e. The summed E-state index contributed by atoms with van der Waals surface area (Å²) in [6.07, 6.45) is 8.93. The smallest absolute Gasteiger partial charge is 0.330 e. The van der Waals surface area contributed by atoms with Gasteiger partial charge >= 0.3 is 7.48 Å². The lowest BCUT2D eigenvalue weighted by molar-refractivity contribution is -0.0893. The van der Waals surface area contributed by atoms with Gasteiger partial charge in [-0.05, 0) is 51.3 Å². The first-order valence-electron chi connectivity index (χ1n) is 10.7. The van der Waals surface area contributed by atoms with Gasteiger partial charge in [-0.3, -0.25) is 0 Å². The van der Waals surface area contributed by atoms with Gasteiger partial charge in [-0.15, -0.1) is 0 Å². The fourth-order valence-corrected chi connectivity index (χ4v) is 3.05. The molecule has 0 amide bonds. The summed E-state index contributed by atoms with van der Waals surface area (Å²) in [5.41, 5.74) is 10.2. The second-order valence-electron chi connectivity index (χ2n) is 8.88. The first-order valence-corrected chi connectivity index (χ1v) is 10.7. The third-order valence-corrected chi connectivity index (χ3v) is 5.88. The highest BCUT2D eigenvalue weighted by Crippen LogP contribution is 2.26. The molecule has 4 nitrogen and oxygen atoms in total. The first kappa shape index (κ1) is 23.1. The minimum Gasteiger partial charge on any atom is -0.427 e. The molecule has 1 aliphatic heterocycles. The van der Waals surface area contributed by atoms with Gasteiger partial charge in [0.05, 0.1) is 11.2 Å². The Bertz CT molecular complexity index is 955. The van der Waals surface area contributed by atoms with Gasteiger partial charge in [0, 0.05) is 23.5 Å². The predicted molar refractivity (Wildman–Crippen MR) is 130 cm³/mol. The van der Waals surface area contributed by atoms with E-state index in [0.29, 0.717) is 6.42 Å². The first-order chi connectivity index (χ1) is 14.7. The number of allylic oxidation sites excluding steroid dienone is 3. The second-order valence-corrected chi connectivity index (χ2v) is 8.88. The number of dihydropyridines is 1. The molecular formula is C26H32BN2O2.